The second-order valence-corrected chi connectivity index (χ2v) is 10.4. The van der Waals surface area contributed by atoms with Crippen molar-refractivity contribution < 1.29 is 32.2 Å². The largest absolute Gasteiger partial charge is 0.493 e. The highest BCUT2D eigenvalue weighted by Gasteiger charge is 2.30. The fourth-order valence-electron chi connectivity index (χ4n) is 5.21. The summed E-state index contributed by atoms with van der Waals surface area (Å²) in [6, 6.07) is 20.7. The molecule has 0 aliphatic rings. The monoisotopic (exact) mass is 619 g/mol. The molecule has 0 aliphatic carbocycles. The maximum absolute atomic E-state index is 14.8. The zero-order chi connectivity index (χ0) is 32.3. The summed E-state index contributed by atoms with van der Waals surface area (Å²) >= 11 is 0. The molecule has 232 valence electrons. The van der Waals surface area contributed by atoms with Crippen LogP contribution in [0.25, 0.3) is 22.5 Å². The molecule has 0 spiro atoms. The highest BCUT2D eigenvalue weighted by molar-refractivity contribution is 5.93. The standard InChI is InChI=1S/C34H29F4N3O4/c1-3-45-30-18-12-23(20-27(30)32(42)43)26-17-11-22(19-21(26)2)7-6-10-31-39-41(25-15-13-24(14-16-25)34(36,37)38)33(44)40(31)29-9-5-4-8-28(29)35/h4-5,8-9,11-20H,3,6-7,10H2,1-2H3,(H,42,43). The van der Waals surface area contributed by atoms with Crippen molar-refractivity contribution in [1.82, 2.24) is 14.3 Å². The van der Waals surface area contributed by atoms with Gasteiger partial charge in [-0.15, -0.1) is 5.10 Å². The third-order valence-corrected chi connectivity index (χ3v) is 7.36. The molecule has 1 N–H and O–H groups in total. The van der Waals surface area contributed by atoms with Crippen LogP contribution in [0, 0.1) is 12.7 Å². The molecule has 0 amide bonds. The van der Waals surface area contributed by atoms with Crippen LogP contribution in [-0.2, 0) is 19.0 Å². The van der Waals surface area contributed by atoms with Crippen LogP contribution >= 0.6 is 0 Å². The first-order chi connectivity index (χ1) is 21.5. The van der Waals surface area contributed by atoms with E-state index in [1.807, 2.05) is 31.2 Å². The molecule has 1 aromatic heterocycles. The minimum atomic E-state index is -4.53. The van der Waals surface area contributed by atoms with E-state index in [9.17, 15) is 32.3 Å². The van der Waals surface area contributed by atoms with Gasteiger partial charge in [-0.1, -0.05) is 36.4 Å². The van der Waals surface area contributed by atoms with Crippen LogP contribution in [0.2, 0.25) is 0 Å². The SMILES string of the molecule is CCOc1ccc(-c2ccc(CCCc3nn(-c4ccc(C(F)(F)F)cc4)c(=O)n3-c3ccccc3F)cc2C)cc1C(=O)O. The number of rotatable bonds is 10. The smallest absolute Gasteiger partial charge is 0.416 e. The van der Waals surface area contributed by atoms with Gasteiger partial charge >= 0.3 is 17.8 Å². The molecule has 0 unspecified atom stereocenters. The summed E-state index contributed by atoms with van der Waals surface area (Å²) in [6.07, 6.45) is -3.14. The van der Waals surface area contributed by atoms with Crippen LogP contribution in [0.1, 0.15) is 46.2 Å². The van der Waals surface area contributed by atoms with E-state index in [0.717, 1.165) is 55.8 Å². The number of hydrogen-bond donors (Lipinski definition) is 1. The topological polar surface area (TPSA) is 86.4 Å². The molecular formula is C34H29F4N3O4. The van der Waals surface area contributed by atoms with Gasteiger partial charge in [0.05, 0.1) is 23.5 Å². The van der Waals surface area contributed by atoms with Gasteiger partial charge in [0.25, 0.3) is 0 Å². The van der Waals surface area contributed by atoms with Crippen molar-refractivity contribution in [3.63, 3.8) is 0 Å². The lowest BCUT2D eigenvalue weighted by molar-refractivity contribution is -0.137. The van der Waals surface area contributed by atoms with E-state index in [0.29, 0.717) is 25.2 Å². The van der Waals surface area contributed by atoms with Gasteiger partial charge in [0.15, 0.2) is 0 Å². The summed E-state index contributed by atoms with van der Waals surface area (Å²) in [5.74, 6) is -1.16. The number of para-hydroxylation sites is 1. The molecule has 0 atom stereocenters. The first-order valence-electron chi connectivity index (χ1n) is 14.2. The fraction of sp³-hybridized carbons (Fsp3) is 0.206. The highest BCUT2D eigenvalue weighted by Crippen LogP contribution is 2.31. The number of carboxylic acid groups (broad SMARTS) is 1. The van der Waals surface area contributed by atoms with Crippen LogP contribution in [0.5, 0.6) is 5.75 Å². The molecule has 1 heterocycles. The first kappa shape index (κ1) is 31.2. The number of benzene rings is 4. The second-order valence-electron chi connectivity index (χ2n) is 10.4. The normalized spacial score (nSPS) is 11.5. The highest BCUT2D eigenvalue weighted by atomic mass is 19.4. The number of aryl methyl sites for hydroxylation is 3. The molecule has 11 heteroatoms. The van der Waals surface area contributed by atoms with Gasteiger partial charge in [-0.25, -0.2) is 18.5 Å². The van der Waals surface area contributed by atoms with Gasteiger partial charge in [0, 0.05) is 6.42 Å². The summed E-state index contributed by atoms with van der Waals surface area (Å²) in [5, 5.41) is 14.0. The molecule has 5 rings (SSSR count). The van der Waals surface area contributed by atoms with E-state index in [4.69, 9.17) is 4.74 Å². The quantitative estimate of drug-likeness (QED) is 0.164. The van der Waals surface area contributed by atoms with Gasteiger partial charge in [-0.3, -0.25) is 0 Å². The Morgan fingerprint density at radius 3 is 2.33 bits per heavy atom. The van der Waals surface area contributed by atoms with E-state index in [1.165, 1.54) is 18.2 Å². The number of hydrogen-bond acceptors (Lipinski definition) is 4. The number of halogens is 4. The molecule has 5 aromatic rings. The molecule has 0 saturated carbocycles. The Bertz CT molecular complexity index is 1910. The molecule has 0 fully saturated rings. The molecule has 7 nitrogen and oxygen atoms in total. The lowest BCUT2D eigenvalue weighted by Gasteiger charge is -2.12. The summed E-state index contributed by atoms with van der Waals surface area (Å²) in [4.78, 5) is 25.2. The van der Waals surface area contributed by atoms with Gasteiger partial charge in [-0.2, -0.15) is 17.9 Å². The van der Waals surface area contributed by atoms with Crippen LogP contribution in [0.4, 0.5) is 17.6 Å². The average Bonchev–Trinajstić information content (AvgIpc) is 3.33. The molecule has 4 aromatic carbocycles. The van der Waals surface area contributed by atoms with E-state index >= 15 is 0 Å². The van der Waals surface area contributed by atoms with Crippen molar-refractivity contribution >= 4 is 5.97 Å². The molecular weight excluding hydrogens is 590 g/mol. The van der Waals surface area contributed by atoms with E-state index in [-0.39, 0.29) is 29.2 Å². The molecule has 0 bridgehead atoms. The Kier molecular flexibility index (Phi) is 8.89. The van der Waals surface area contributed by atoms with Crippen LogP contribution in [0.15, 0.2) is 89.7 Å². The van der Waals surface area contributed by atoms with Crippen molar-refractivity contribution in [3.8, 4) is 28.3 Å². The van der Waals surface area contributed by atoms with E-state index < -0.39 is 29.2 Å². The van der Waals surface area contributed by atoms with Gasteiger partial charge in [-0.05, 0) is 97.5 Å². The van der Waals surface area contributed by atoms with Gasteiger partial charge in [0.2, 0.25) is 0 Å². The third kappa shape index (κ3) is 6.67. The fourth-order valence-corrected chi connectivity index (χ4v) is 5.21. The average molecular weight is 620 g/mol. The molecule has 0 aliphatic heterocycles. The number of alkyl halides is 3. The Labute approximate surface area is 256 Å². The van der Waals surface area contributed by atoms with Crippen LogP contribution in [0.3, 0.4) is 0 Å². The summed E-state index contributed by atoms with van der Waals surface area (Å²) in [6.45, 7) is 4.06. The predicted molar refractivity (Wildman–Crippen MR) is 161 cm³/mol. The molecule has 45 heavy (non-hydrogen) atoms. The molecule has 0 radical (unpaired) electrons. The Hall–Kier alpha value is -5.19. The number of nitrogens with zero attached hydrogens (tertiary/aromatic N) is 3. The van der Waals surface area contributed by atoms with Crippen molar-refractivity contribution in [3.05, 3.63) is 129 Å². The number of aromatic nitrogens is 3. The Balaban J connectivity index is 1.39. The minimum absolute atomic E-state index is 0.00746. The van der Waals surface area contributed by atoms with Crippen molar-refractivity contribution in [2.45, 2.75) is 39.3 Å². The number of aromatic carboxylic acids is 1. The zero-order valence-corrected chi connectivity index (χ0v) is 24.4. The number of carbonyl (C=O) groups is 1. The third-order valence-electron chi connectivity index (χ3n) is 7.36. The second kappa shape index (κ2) is 12.8. The molecule has 0 saturated heterocycles. The van der Waals surface area contributed by atoms with E-state index in [2.05, 4.69) is 5.10 Å². The lowest BCUT2D eigenvalue weighted by Crippen LogP contribution is -2.24. The maximum Gasteiger partial charge on any atom is 0.416 e. The number of carboxylic acids is 1. The summed E-state index contributed by atoms with van der Waals surface area (Å²) in [7, 11) is 0. The Morgan fingerprint density at radius 2 is 1.69 bits per heavy atom. The van der Waals surface area contributed by atoms with E-state index in [1.54, 1.807) is 25.1 Å². The summed E-state index contributed by atoms with van der Waals surface area (Å²) in [5.41, 5.74) is 2.16. The van der Waals surface area contributed by atoms with Gasteiger partial charge in [0.1, 0.15) is 23.0 Å². The minimum Gasteiger partial charge on any atom is -0.493 e. The predicted octanol–water partition coefficient (Wildman–Crippen LogP) is 7.43. The van der Waals surface area contributed by atoms with Gasteiger partial charge < -0.3 is 9.84 Å². The van der Waals surface area contributed by atoms with Crippen molar-refractivity contribution in [2.75, 3.05) is 6.61 Å². The summed E-state index contributed by atoms with van der Waals surface area (Å²) < 4.78 is 61.6. The zero-order valence-electron chi connectivity index (χ0n) is 24.4. The van der Waals surface area contributed by atoms with Crippen molar-refractivity contribution in [1.29, 1.82) is 0 Å². The van der Waals surface area contributed by atoms with Crippen molar-refractivity contribution in [2.24, 2.45) is 0 Å². The number of ether oxygens (including phenoxy) is 1. The van der Waals surface area contributed by atoms with Crippen LogP contribution < -0.4 is 10.4 Å². The lowest BCUT2D eigenvalue weighted by atomic mass is 9.95. The maximum atomic E-state index is 14.8. The van der Waals surface area contributed by atoms with Crippen LogP contribution in [-0.4, -0.2) is 32.0 Å². The Morgan fingerprint density at radius 1 is 0.956 bits per heavy atom. The first-order valence-corrected chi connectivity index (χ1v) is 14.2.